The molecule has 1 aromatic carbocycles. The van der Waals surface area contributed by atoms with E-state index in [9.17, 15) is 9.59 Å². The number of rotatable bonds is 4. The van der Waals surface area contributed by atoms with Gasteiger partial charge in [0.25, 0.3) is 5.91 Å². The van der Waals surface area contributed by atoms with Gasteiger partial charge in [0.15, 0.2) is 6.29 Å². The topological polar surface area (TPSA) is 69.4 Å². The summed E-state index contributed by atoms with van der Waals surface area (Å²) in [5, 5.41) is 1.70. The van der Waals surface area contributed by atoms with E-state index in [-0.39, 0.29) is 0 Å². The van der Waals surface area contributed by atoms with E-state index < -0.39 is 5.91 Å². The highest BCUT2D eigenvalue weighted by molar-refractivity contribution is 7.11. The molecule has 0 saturated heterocycles. The number of para-hydroxylation sites is 1. The first kappa shape index (κ1) is 11.3. The number of ether oxygens (including phenoxy) is 1. The van der Waals surface area contributed by atoms with Crippen LogP contribution in [-0.2, 0) is 0 Å². The molecule has 0 fully saturated rings. The van der Waals surface area contributed by atoms with Gasteiger partial charge < -0.3 is 10.5 Å². The average Bonchev–Trinajstić information content (AvgIpc) is 2.77. The standard InChI is InChI=1S/C12H9NO3S/c13-12(15)10-3-1-2-4-11(10)16-8-5-9(6-14)17-7-8/h1-7H,(H2,13,15). The summed E-state index contributed by atoms with van der Waals surface area (Å²) < 4.78 is 5.50. The third-order valence-corrected chi connectivity index (χ3v) is 2.93. The molecule has 0 radical (unpaired) electrons. The molecule has 1 amide bonds. The van der Waals surface area contributed by atoms with Gasteiger partial charge in [-0.2, -0.15) is 0 Å². The molecule has 4 nitrogen and oxygen atoms in total. The van der Waals surface area contributed by atoms with Crippen LogP contribution in [0, 0.1) is 0 Å². The predicted molar refractivity (Wildman–Crippen MR) is 64.7 cm³/mol. The molecule has 0 bridgehead atoms. The van der Waals surface area contributed by atoms with Crippen LogP contribution in [0.1, 0.15) is 20.0 Å². The maximum atomic E-state index is 11.2. The molecule has 2 N–H and O–H groups in total. The quantitative estimate of drug-likeness (QED) is 0.844. The zero-order valence-corrected chi connectivity index (χ0v) is 9.57. The van der Waals surface area contributed by atoms with Crippen LogP contribution in [0.4, 0.5) is 0 Å². The van der Waals surface area contributed by atoms with Crippen molar-refractivity contribution in [1.82, 2.24) is 0 Å². The number of carbonyl (C=O) groups is 2. The number of amides is 1. The van der Waals surface area contributed by atoms with E-state index in [0.29, 0.717) is 21.9 Å². The van der Waals surface area contributed by atoms with Gasteiger partial charge in [-0.05, 0) is 12.1 Å². The third kappa shape index (κ3) is 2.51. The Morgan fingerprint density at radius 1 is 1.35 bits per heavy atom. The first-order valence-corrected chi connectivity index (χ1v) is 5.69. The van der Waals surface area contributed by atoms with Crippen molar-refractivity contribution in [3.05, 3.63) is 46.2 Å². The van der Waals surface area contributed by atoms with Crippen molar-refractivity contribution in [3.8, 4) is 11.5 Å². The molecule has 1 aromatic heterocycles. The number of primary amides is 1. The van der Waals surface area contributed by atoms with Crippen molar-refractivity contribution in [1.29, 1.82) is 0 Å². The smallest absolute Gasteiger partial charge is 0.252 e. The number of hydrogen-bond donors (Lipinski definition) is 1. The Labute approximate surface area is 102 Å². The number of carbonyl (C=O) groups excluding carboxylic acids is 2. The molecule has 86 valence electrons. The number of hydrogen-bond acceptors (Lipinski definition) is 4. The normalized spacial score (nSPS) is 9.88. The fraction of sp³-hybridized carbons (Fsp3) is 0. The van der Waals surface area contributed by atoms with Crippen molar-refractivity contribution in [2.75, 3.05) is 0 Å². The molecule has 0 aliphatic rings. The summed E-state index contributed by atoms with van der Waals surface area (Å²) in [5.41, 5.74) is 5.54. The molecule has 17 heavy (non-hydrogen) atoms. The van der Waals surface area contributed by atoms with Crippen LogP contribution in [-0.4, -0.2) is 12.2 Å². The van der Waals surface area contributed by atoms with Gasteiger partial charge in [-0.1, -0.05) is 12.1 Å². The van der Waals surface area contributed by atoms with E-state index in [1.54, 1.807) is 35.7 Å². The predicted octanol–water partition coefficient (Wildman–Crippen LogP) is 2.45. The van der Waals surface area contributed by atoms with Crippen LogP contribution in [0.3, 0.4) is 0 Å². The zero-order valence-electron chi connectivity index (χ0n) is 8.75. The summed E-state index contributed by atoms with van der Waals surface area (Å²) in [6.45, 7) is 0. The van der Waals surface area contributed by atoms with Gasteiger partial charge in [0.05, 0.1) is 10.4 Å². The molecular formula is C12H9NO3S. The molecule has 2 aromatic rings. The van der Waals surface area contributed by atoms with Crippen LogP contribution in [0.2, 0.25) is 0 Å². The summed E-state index contributed by atoms with van der Waals surface area (Å²) >= 11 is 1.27. The minimum atomic E-state index is -0.550. The summed E-state index contributed by atoms with van der Waals surface area (Å²) in [5.74, 6) is 0.354. The SMILES string of the molecule is NC(=O)c1ccccc1Oc1csc(C=O)c1. The molecule has 0 spiro atoms. The molecule has 0 aliphatic heterocycles. The highest BCUT2D eigenvalue weighted by Crippen LogP contribution is 2.28. The Hall–Kier alpha value is -2.14. The fourth-order valence-electron chi connectivity index (χ4n) is 1.34. The lowest BCUT2D eigenvalue weighted by molar-refractivity contribution is 0.0997. The maximum Gasteiger partial charge on any atom is 0.252 e. The highest BCUT2D eigenvalue weighted by Gasteiger charge is 2.10. The van der Waals surface area contributed by atoms with E-state index in [2.05, 4.69) is 0 Å². The first-order valence-electron chi connectivity index (χ1n) is 4.81. The second kappa shape index (κ2) is 4.80. The van der Waals surface area contributed by atoms with Crippen LogP contribution in [0.15, 0.2) is 35.7 Å². The van der Waals surface area contributed by atoms with Crippen molar-refractivity contribution < 1.29 is 14.3 Å². The number of thiophene rings is 1. The minimum absolute atomic E-state index is 0.311. The first-order chi connectivity index (χ1) is 8.20. The van der Waals surface area contributed by atoms with Crippen molar-refractivity contribution in [2.24, 2.45) is 5.73 Å². The molecule has 0 aliphatic carbocycles. The Balaban J connectivity index is 2.29. The lowest BCUT2D eigenvalue weighted by Crippen LogP contribution is -2.11. The molecule has 2 rings (SSSR count). The second-order valence-electron chi connectivity index (χ2n) is 3.27. The van der Waals surface area contributed by atoms with Crippen LogP contribution in [0.5, 0.6) is 11.5 Å². The highest BCUT2D eigenvalue weighted by atomic mass is 32.1. The van der Waals surface area contributed by atoms with Crippen LogP contribution < -0.4 is 10.5 Å². The van der Waals surface area contributed by atoms with Crippen molar-refractivity contribution in [3.63, 3.8) is 0 Å². The van der Waals surface area contributed by atoms with Crippen molar-refractivity contribution in [2.45, 2.75) is 0 Å². The van der Waals surface area contributed by atoms with E-state index in [4.69, 9.17) is 10.5 Å². The van der Waals surface area contributed by atoms with Gasteiger partial charge in [-0.15, -0.1) is 11.3 Å². The van der Waals surface area contributed by atoms with Crippen molar-refractivity contribution >= 4 is 23.5 Å². The van der Waals surface area contributed by atoms with Gasteiger partial charge in [0, 0.05) is 11.4 Å². The van der Waals surface area contributed by atoms with E-state index in [1.807, 2.05) is 0 Å². The van der Waals surface area contributed by atoms with E-state index in [0.717, 1.165) is 6.29 Å². The lowest BCUT2D eigenvalue weighted by Gasteiger charge is -2.06. The number of nitrogens with two attached hydrogens (primary N) is 1. The second-order valence-corrected chi connectivity index (χ2v) is 4.21. The van der Waals surface area contributed by atoms with Crippen LogP contribution >= 0.6 is 11.3 Å². The van der Waals surface area contributed by atoms with Gasteiger partial charge >= 0.3 is 0 Å². The summed E-state index contributed by atoms with van der Waals surface area (Å²) in [6, 6.07) is 8.30. The summed E-state index contributed by atoms with van der Waals surface area (Å²) in [4.78, 5) is 22.3. The fourth-order valence-corrected chi connectivity index (χ4v) is 1.94. The van der Waals surface area contributed by atoms with Gasteiger partial charge in [0.1, 0.15) is 11.5 Å². The molecule has 5 heteroatoms. The van der Waals surface area contributed by atoms with Gasteiger partial charge in [-0.25, -0.2) is 0 Å². The third-order valence-electron chi connectivity index (χ3n) is 2.09. The summed E-state index contributed by atoms with van der Waals surface area (Å²) in [6.07, 6.45) is 0.748. The summed E-state index contributed by atoms with van der Waals surface area (Å²) in [7, 11) is 0. The van der Waals surface area contributed by atoms with E-state index in [1.165, 1.54) is 11.3 Å². The molecule has 0 saturated carbocycles. The van der Waals surface area contributed by atoms with Crippen LogP contribution in [0.25, 0.3) is 0 Å². The Kier molecular flexibility index (Phi) is 3.20. The van der Waals surface area contributed by atoms with Gasteiger partial charge in [0.2, 0.25) is 0 Å². The number of aldehydes is 1. The average molecular weight is 247 g/mol. The Bertz CT molecular complexity index is 562. The lowest BCUT2D eigenvalue weighted by atomic mass is 10.2. The molecular weight excluding hydrogens is 238 g/mol. The zero-order chi connectivity index (χ0) is 12.3. The minimum Gasteiger partial charge on any atom is -0.456 e. The largest absolute Gasteiger partial charge is 0.456 e. The number of benzene rings is 1. The monoisotopic (exact) mass is 247 g/mol. The Morgan fingerprint density at radius 3 is 2.76 bits per heavy atom. The van der Waals surface area contributed by atoms with Gasteiger partial charge in [-0.3, -0.25) is 9.59 Å². The van der Waals surface area contributed by atoms with E-state index >= 15 is 0 Å². The Morgan fingerprint density at radius 2 is 2.12 bits per heavy atom. The molecule has 1 heterocycles. The maximum absolute atomic E-state index is 11.2. The molecule has 0 unspecified atom stereocenters. The molecule has 0 atom stereocenters.